The first-order valence-electron chi connectivity index (χ1n) is 8.60. The number of carbonyl (C=O) groups excluding carboxylic acids is 2. The monoisotopic (exact) mass is 331 g/mol. The van der Waals surface area contributed by atoms with E-state index in [2.05, 4.69) is 29.4 Å². The van der Waals surface area contributed by atoms with Crippen LogP contribution in [0, 0.1) is 0 Å². The summed E-state index contributed by atoms with van der Waals surface area (Å²) >= 11 is 0. The Bertz CT molecular complexity index is 622. The highest BCUT2D eigenvalue weighted by Crippen LogP contribution is 2.23. The first kappa shape index (κ1) is 16.9. The number of rotatable bonds is 4. The van der Waals surface area contributed by atoms with E-state index in [0.29, 0.717) is 24.9 Å². The smallest absolute Gasteiger partial charge is 0.251 e. The zero-order valence-electron chi connectivity index (χ0n) is 14.3. The summed E-state index contributed by atoms with van der Waals surface area (Å²) in [4.78, 5) is 26.0. The zero-order chi connectivity index (χ0) is 17.1. The maximum absolute atomic E-state index is 12.3. The lowest BCUT2D eigenvalue weighted by Gasteiger charge is -2.35. The standard InChI is InChI=1S/C18H25N3O3/c1-12-10-21(11-13(2)24-12)8-7-19-18(23)15-3-5-16-14(9-15)4-6-17(22)20-16/h3,5,9,12-13H,4,6-8,10-11H2,1-2H3,(H,19,23)(H,20,22)/t12-,13+. The number of hydrogen-bond donors (Lipinski definition) is 2. The first-order chi connectivity index (χ1) is 11.5. The molecule has 0 bridgehead atoms. The lowest BCUT2D eigenvalue weighted by atomic mass is 10.00. The molecule has 0 unspecified atom stereocenters. The predicted octanol–water partition coefficient (Wildman–Crippen LogP) is 1.41. The van der Waals surface area contributed by atoms with Gasteiger partial charge in [0.15, 0.2) is 0 Å². The molecule has 2 atom stereocenters. The molecule has 1 saturated heterocycles. The van der Waals surface area contributed by atoms with Crippen molar-refractivity contribution in [1.82, 2.24) is 10.2 Å². The fourth-order valence-electron chi connectivity index (χ4n) is 3.42. The van der Waals surface area contributed by atoms with E-state index in [0.717, 1.165) is 30.9 Å². The minimum Gasteiger partial charge on any atom is -0.373 e. The van der Waals surface area contributed by atoms with Gasteiger partial charge in [0, 0.05) is 43.9 Å². The molecule has 0 spiro atoms. The number of nitrogens with zero attached hydrogens (tertiary/aromatic N) is 1. The van der Waals surface area contributed by atoms with E-state index >= 15 is 0 Å². The Hall–Kier alpha value is -1.92. The van der Waals surface area contributed by atoms with Crippen molar-refractivity contribution < 1.29 is 14.3 Å². The molecule has 6 nitrogen and oxygen atoms in total. The highest BCUT2D eigenvalue weighted by atomic mass is 16.5. The highest BCUT2D eigenvalue weighted by molar-refractivity contribution is 5.97. The van der Waals surface area contributed by atoms with Crippen molar-refractivity contribution in [1.29, 1.82) is 0 Å². The second-order valence-electron chi connectivity index (χ2n) is 6.69. The van der Waals surface area contributed by atoms with Crippen molar-refractivity contribution in [2.24, 2.45) is 0 Å². The van der Waals surface area contributed by atoms with Crippen LogP contribution in [0.4, 0.5) is 5.69 Å². The van der Waals surface area contributed by atoms with Crippen molar-refractivity contribution >= 4 is 17.5 Å². The minimum atomic E-state index is -0.0657. The summed E-state index contributed by atoms with van der Waals surface area (Å²) in [5.74, 6) is -0.0299. The van der Waals surface area contributed by atoms with Crippen LogP contribution in [0.3, 0.4) is 0 Å². The van der Waals surface area contributed by atoms with Gasteiger partial charge in [0.25, 0.3) is 5.91 Å². The maximum Gasteiger partial charge on any atom is 0.251 e. The molecule has 2 amide bonds. The number of anilines is 1. The van der Waals surface area contributed by atoms with Crippen molar-refractivity contribution in [3.05, 3.63) is 29.3 Å². The van der Waals surface area contributed by atoms with Crippen LogP contribution in [0.2, 0.25) is 0 Å². The van der Waals surface area contributed by atoms with Crippen molar-refractivity contribution in [2.45, 2.75) is 38.9 Å². The van der Waals surface area contributed by atoms with Gasteiger partial charge in [-0.05, 0) is 44.0 Å². The molecule has 2 N–H and O–H groups in total. The molecule has 130 valence electrons. The van der Waals surface area contributed by atoms with E-state index in [1.165, 1.54) is 0 Å². The lowest BCUT2D eigenvalue weighted by Crippen LogP contribution is -2.47. The molecule has 0 saturated carbocycles. The second-order valence-corrected chi connectivity index (χ2v) is 6.69. The SMILES string of the molecule is C[C@@H]1CN(CCNC(=O)c2ccc3c(c2)CCC(=O)N3)C[C@H](C)O1. The molecule has 6 heteroatoms. The zero-order valence-corrected chi connectivity index (χ0v) is 14.3. The molecule has 1 aromatic carbocycles. The Morgan fingerprint density at radius 1 is 1.29 bits per heavy atom. The summed E-state index contributed by atoms with van der Waals surface area (Å²) < 4.78 is 5.71. The average Bonchev–Trinajstić information content (AvgIpc) is 2.53. The number of hydrogen-bond acceptors (Lipinski definition) is 4. The summed E-state index contributed by atoms with van der Waals surface area (Å²) in [6, 6.07) is 5.45. The molecule has 2 aliphatic heterocycles. The maximum atomic E-state index is 12.3. The molecule has 2 heterocycles. The average molecular weight is 331 g/mol. The van der Waals surface area contributed by atoms with E-state index in [1.54, 1.807) is 6.07 Å². The Morgan fingerprint density at radius 3 is 2.79 bits per heavy atom. The molecule has 0 aliphatic carbocycles. The first-order valence-corrected chi connectivity index (χ1v) is 8.60. The quantitative estimate of drug-likeness (QED) is 0.875. The van der Waals surface area contributed by atoms with E-state index in [4.69, 9.17) is 4.74 Å². The molecule has 0 aromatic heterocycles. The van der Waals surface area contributed by atoms with Crippen molar-refractivity contribution in [3.8, 4) is 0 Å². The molecule has 3 rings (SSSR count). The number of morpholine rings is 1. The third-order valence-electron chi connectivity index (χ3n) is 4.47. The van der Waals surface area contributed by atoms with E-state index in [1.807, 2.05) is 12.1 Å². The highest BCUT2D eigenvalue weighted by Gasteiger charge is 2.22. The van der Waals surface area contributed by atoms with Gasteiger partial charge in [-0.3, -0.25) is 14.5 Å². The Labute approximate surface area is 142 Å². The largest absolute Gasteiger partial charge is 0.373 e. The van der Waals surface area contributed by atoms with Crippen LogP contribution in [0.5, 0.6) is 0 Å². The van der Waals surface area contributed by atoms with Gasteiger partial charge in [-0.1, -0.05) is 0 Å². The number of fused-ring (bicyclic) bond motifs is 1. The fraction of sp³-hybridized carbons (Fsp3) is 0.556. The number of carbonyl (C=O) groups is 2. The van der Waals surface area contributed by atoms with E-state index in [-0.39, 0.29) is 24.0 Å². The van der Waals surface area contributed by atoms with Gasteiger partial charge < -0.3 is 15.4 Å². The van der Waals surface area contributed by atoms with Crippen LogP contribution in [0.15, 0.2) is 18.2 Å². The Morgan fingerprint density at radius 2 is 2.04 bits per heavy atom. The number of amides is 2. The second kappa shape index (κ2) is 7.32. The normalized spacial score (nSPS) is 24.2. The fourth-order valence-corrected chi connectivity index (χ4v) is 3.42. The number of ether oxygens (including phenoxy) is 1. The van der Waals surface area contributed by atoms with Crippen molar-refractivity contribution in [2.75, 3.05) is 31.5 Å². The van der Waals surface area contributed by atoms with Gasteiger partial charge in [-0.15, -0.1) is 0 Å². The number of benzene rings is 1. The predicted molar refractivity (Wildman–Crippen MR) is 92.2 cm³/mol. The van der Waals surface area contributed by atoms with E-state index < -0.39 is 0 Å². The lowest BCUT2D eigenvalue weighted by molar-refractivity contribution is -0.116. The molecule has 24 heavy (non-hydrogen) atoms. The number of aryl methyl sites for hydroxylation is 1. The Balaban J connectivity index is 1.51. The van der Waals surface area contributed by atoms with E-state index in [9.17, 15) is 9.59 Å². The topological polar surface area (TPSA) is 70.7 Å². The molecule has 1 fully saturated rings. The summed E-state index contributed by atoms with van der Waals surface area (Å²) in [7, 11) is 0. The van der Waals surface area contributed by atoms with Crippen LogP contribution in [-0.2, 0) is 16.0 Å². The molecule has 2 aliphatic rings. The van der Waals surface area contributed by atoms with Gasteiger partial charge in [0.05, 0.1) is 12.2 Å². The third kappa shape index (κ3) is 4.13. The number of nitrogens with one attached hydrogen (secondary N) is 2. The van der Waals surface area contributed by atoms with Crippen LogP contribution < -0.4 is 10.6 Å². The minimum absolute atomic E-state index is 0.0358. The van der Waals surface area contributed by atoms with Crippen LogP contribution >= 0.6 is 0 Å². The van der Waals surface area contributed by atoms with Gasteiger partial charge >= 0.3 is 0 Å². The van der Waals surface area contributed by atoms with Crippen LogP contribution in [-0.4, -0.2) is 55.1 Å². The molecular formula is C18H25N3O3. The summed E-state index contributed by atoms with van der Waals surface area (Å²) in [6.07, 6.45) is 1.64. The molecule has 0 radical (unpaired) electrons. The van der Waals surface area contributed by atoms with Gasteiger partial charge in [-0.25, -0.2) is 0 Å². The molecule has 1 aromatic rings. The van der Waals surface area contributed by atoms with Gasteiger partial charge in [-0.2, -0.15) is 0 Å². The Kier molecular flexibility index (Phi) is 5.16. The van der Waals surface area contributed by atoms with Crippen LogP contribution in [0.1, 0.15) is 36.2 Å². The third-order valence-corrected chi connectivity index (χ3v) is 4.47. The van der Waals surface area contributed by atoms with Crippen LogP contribution in [0.25, 0.3) is 0 Å². The molecular weight excluding hydrogens is 306 g/mol. The van der Waals surface area contributed by atoms with Gasteiger partial charge in [0.1, 0.15) is 0 Å². The summed E-state index contributed by atoms with van der Waals surface area (Å²) in [6.45, 7) is 7.40. The summed E-state index contributed by atoms with van der Waals surface area (Å²) in [5.41, 5.74) is 2.49. The summed E-state index contributed by atoms with van der Waals surface area (Å²) in [5, 5.41) is 5.81. The van der Waals surface area contributed by atoms with Crippen molar-refractivity contribution in [3.63, 3.8) is 0 Å². The van der Waals surface area contributed by atoms with Gasteiger partial charge in [0.2, 0.25) is 5.91 Å².